The van der Waals surface area contributed by atoms with Crippen LogP contribution in [-0.4, -0.2) is 37.6 Å². The quantitative estimate of drug-likeness (QED) is 0.804. The SMILES string of the molecule is O=C1C=CC(OCCc2ccc(C3CCNCC3)cc2)C(=O)N1. The van der Waals surface area contributed by atoms with E-state index < -0.39 is 12.0 Å². The van der Waals surface area contributed by atoms with Gasteiger partial charge in [0.2, 0.25) is 5.91 Å². The van der Waals surface area contributed by atoms with Crippen molar-refractivity contribution in [2.75, 3.05) is 19.7 Å². The molecule has 1 unspecified atom stereocenters. The lowest BCUT2D eigenvalue weighted by molar-refractivity contribution is -0.135. The van der Waals surface area contributed by atoms with Crippen molar-refractivity contribution < 1.29 is 14.3 Å². The Labute approximate surface area is 136 Å². The minimum atomic E-state index is -0.665. The van der Waals surface area contributed by atoms with E-state index in [2.05, 4.69) is 34.9 Å². The molecule has 5 nitrogen and oxygen atoms in total. The second kappa shape index (κ2) is 7.53. The number of hydrogen-bond donors (Lipinski definition) is 2. The van der Waals surface area contributed by atoms with Crippen LogP contribution in [0.3, 0.4) is 0 Å². The Hall–Kier alpha value is -1.98. The second-order valence-corrected chi connectivity index (χ2v) is 6.02. The van der Waals surface area contributed by atoms with Gasteiger partial charge in [0.05, 0.1) is 6.61 Å². The highest BCUT2D eigenvalue weighted by molar-refractivity contribution is 6.06. The van der Waals surface area contributed by atoms with Gasteiger partial charge in [-0.25, -0.2) is 0 Å². The van der Waals surface area contributed by atoms with Crippen LogP contribution in [0.1, 0.15) is 29.9 Å². The topological polar surface area (TPSA) is 67.4 Å². The lowest BCUT2D eigenvalue weighted by Crippen LogP contribution is -2.42. The third kappa shape index (κ3) is 4.27. The van der Waals surface area contributed by atoms with E-state index in [0.717, 1.165) is 19.5 Å². The first kappa shape index (κ1) is 15.9. The minimum Gasteiger partial charge on any atom is -0.364 e. The predicted octanol–water partition coefficient (Wildman–Crippen LogP) is 1.29. The molecule has 1 fully saturated rings. The molecule has 2 aliphatic heterocycles. The van der Waals surface area contributed by atoms with Gasteiger partial charge in [0, 0.05) is 6.08 Å². The maximum absolute atomic E-state index is 11.6. The first-order valence-corrected chi connectivity index (χ1v) is 8.16. The Bertz CT molecular complexity index is 589. The molecule has 0 saturated carbocycles. The summed E-state index contributed by atoms with van der Waals surface area (Å²) < 4.78 is 5.53. The van der Waals surface area contributed by atoms with E-state index in [9.17, 15) is 9.59 Å². The molecule has 2 aliphatic rings. The third-order valence-corrected chi connectivity index (χ3v) is 4.41. The third-order valence-electron chi connectivity index (χ3n) is 4.41. The smallest absolute Gasteiger partial charge is 0.259 e. The average Bonchev–Trinajstić information content (AvgIpc) is 2.58. The van der Waals surface area contributed by atoms with Crippen molar-refractivity contribution in [2.45, 2.75) is 31.3 Å². The van der Waals surface area contributed by atoms with Crippen molar-refractivity contribution in [2.24, 2.45) is 0 Å². The van der Waals surface area contributed by atoms with E-state index in [1.807, 2.05) is 0 Å². The Morgan fingerprint density at radius 2 is 1.83 bits per heavy atom. The largest absolute Gasteiger partial charge is 0.364 e. The van der Waals surface area contributed by atoms with Crippen LogP contribution in [0.4, 0.5) is 0 Å². The minimum absolute atomic E-state index is 0.386. The van der Waals surface area contributed by atoms with E-state index >= 15 is 0 Å². The highest BCUT2D eigenvalue weighted by atomic mass is 16.5. The van der Waals surface area contributed by atoms with Gasteiger partial charge in [-0.15, -0.1) is 0 Å². The molecule has 0 spiro atoms. The molecule has 3 rings (SSSR count). The molecule has 1 aromatic rings. The molecule has 122 valence electrons. The molecule has 0 radical (unpaired) electrons. The molecule has 2 N–H and O–H groups in total. The molecule has 0 aromatic heterocycles. The lowest BCUT2D eigenvalue weighted by Gasteiger charge is -2.23. The van der Waals surface area contributed by atoms with E-state index in [4.69, 9.17) is 4.74 Å². The summed E-state index contributed by atoms with van der Waals surface area (Å²) in [5, 5.41) is 5.61. The monoisotopic (exact) mass is 314 g/mol. The van der Waals surface area contributed by atoms with Crippen molar-refractivity contribution in [3.05, 3.63) is 47.5 Å². The normalized spacial score (nSPS) is 22.2. The molecule has 23 heavy (non-hydrogen) atoms. The summed E-state index contributed by atoms with van der Waals surface area (Å²) in [6.07, 6.45) is 5.32. The maximum atomic E-state index is 11.6. The van der Waals surface area contributed by atoms with Gasteiger partial charge in [0.25, 0.3) is 5.91 Å². The van der Waals surface area contributed by atoms with Crippen molar-refractivity contribution >= 4 is 11.8 Å². The van der Waals surface area contributed by atoms with Crippen molar-refractivity contribution in [3.63, 3.8) is 0 Å². The molecule has 2 heterocycles. The fourth-order valence-electron chi connectivity index (χ4n) is 3.04. The Morgan fingerprint density at radius 1 is 1.09 bits per heavy atom. The van der Waals surface area contributed by atoms with Gasteiger partial charge in [-0.3, -0.25) is 14.9 Å². The highest BCUT2D eigenvalue weighted by Gasteiger charge is 2.22. The van der Waals surface area contributed by atoms with Gasteiger partial charge < -0.3 is 10.1 Å². The molecular weight excluding hydrogens is 292 g/mol. The molecule has 1 saturated heterocycles. The number of amides is 2. The number of carbonyl (C=O) groups excluding carboxylic acids is 2. The molecule has 0 bridgehead atoms. The number of hydrogen-bond acceptors (Lipinski definition) is 4. The molecule has 1 aromatic carbocycles. The van der Waals surface area contributed by atoms with Crippen LogP contribution in [0.2, 0.25) is 0 Å². The molecule has 0 aliphatic carbocycles. The number of nitrogens with one attached hydrogen (secondary N) is 2. The van der Waals surface area contributed by atoms with Gasteiger partial charge >= 0.3 is 0 Å². The summed E-state index contributed by atoms with van der Waals surface area (Å²) in [6.45, 7) is 2.64. The number of benzene rings is 1. The average molecular weight is 314 g/mol. The first-order valence-electron chi connectivity index (χ1n) is 8.16. The van der Waals surface area contributed by atoms with Crippen LogP contribution in [-0.2, 0) is 20.7 Å². The Kier molecular flexibility index (Phi) is 5.20. The molecule has 2 amide bonds. The summed E-state index contributed by atoms with van der Waals surface area (Å²) in [4.78, 5) is 22.6. The van der Waals surface area contributed by atoms with Crippen LogP contribution in [0.15, 0.2) is 36.4 Å². The van der Waals surface area contributed by atoms with Crippen molar-refractivity contribution in [3.8, 4) is 0 Å². The molecule has 1 atom stereocenters. The van der Waals surface area contributed by atoms with E-state index in [1.165, 1.54) is 36.1 Å². The summed E-state index contributed by atoms with van der Waals surface area (Å²) in [7, 11) is 0. The predicted molar refractivity (Wildman–Crippen MR) is 87.0 cm³/mol. The van der Waals surface area contributed by atoms with E-state index in [-0.39, 0.29) is 5.91 Å². The van der Waals surface area contributed by atoms with Crippen LogP contribution in [0, 0.1) is 0 Å². The second-order valence-electron chi connectivity index (χ2n) is 6.02. The van der Waals surface area contributed by atoms with Gasteiger partial charge in [-0.1, -0.05) is 24.3 Å². The molecular formula is C18H22N2O3. The summed E-state index contributed by atoms with van der Waals surface area (Å²) in [5.41, 5.74) is 2.60. The van der Waals surface area contributed by atoms with E-state index in [1.54, 1.807) is 0 Å². The number of rotatable bonds is 5. The van der Waals surface area contributed by atoms with Gasteiger partial charge in [-0.2, -0.15) is 0 Å². The maximum Gasteiger partial charge on any atom is 0.259 e. The van der Waals surface area contributed by atoms with Crippen LogP contribution >= 0.6 is 0 Å². The summed E-state index contributed by atoms with van der Waals surface area (Å²) in [5.74, 6) is -0.114. The standard InChI is InChI=1S/C18H22N2O3/c21-17-6-5-16(18(22)20-17)23-12-9-13-1-3-14(4-2-13)15-7-10-19-11-8-15/h1-6,15-16,19H,7-12H2,(H,20,21,22). The van der Waals surface area contributed by atoms with Crippen molar-refractivity contribution in [1.29, 1.82) is 0 Å². The van der Waals surface area contributed by atoms with Crippen LogP contribution in [0.5, 0.6) is 0 Å². The summed E-state index contributed by atoms with van der Waals surface area (Å²) >= 11 is 0. The van der Waals surface area contributed by atoms with Gasteiger partial charge in [-0.05, 0) is 55.5 Å². The highest BCUT2D eigenvalue weighted by Crippen LogP contribution is 2.25. The fourth-order valence-corrected chi connectivity index (χ4v) is 3.04. The van der Waals surface area contributed by atoms with Gasteiger partial charge in [0.1, 0.15) is 0 Å². The zero-order valence-electron chi connectivity index (χ0n) is 13.1. The van der Waals surface area contributed by atoms with Crippen molar-refractivity contribution in [1.82, 2.24) is 10.6 Å². The Balaban J connectivity index is 1.48. The number of ether oxygens (including phenoxy) is 1. The molecule has 5 heteroatoms. The van der Waals surface area contributed by atoms with Crippen LogP contribution in [0.25, 0.3) is 0 Å². The lowest BCUT2D eigenvalue weighted by atomic mass is 9.89. The number of piperidine rings is 1. The summed E-state index contributed by atoms with van der Waals surface area (Å²) in [6, 6.07) is 8.69. The number of imide groups is 1. The first-order chi connectivity index (χ1) is 11.2. The zero-order chi connectivity index (χ0) is 16.1. The Morgan fingerprint density at radius 3 is 2.52 bits per heavy atom. The van der Waals surface area contributed by atoms with E-state index in [0.29, 0.717) is 12.5 Å². The van der Waals surface area contributed by atoms with Gasteiger partial charge in [0.15, 0.2) is 6.10 Å². The fraction of sp³-hybridized carbons (Fsp3) is 0.444. The number of carbonyl (C=O) groups is 2. The zero-order valence-corrected chi connectivity index (χ0v) is 13.1. The van der Waals surface area contributed by atoms with Crippen LogP contribution < -0.4 is 10.6 Å².